The third kappa shape index (κ3) is 2.67. The molecular formula is C16H19IN4S. The fraction of sp³-hybridized carbons (Fsp3) is 0.438. The normalized spacial score (nSPS) is 11.7. The van der Waals surface area contributed by atoms with Gasteiger partial charge in [-0.25, -0.2) is 14.5 Å². The molecule has 6 heteroatoms. The van der Waals surface area contributed by atoms with Crippen molar-refractivity contribution in [2.45, 2.75) is 46.5 Å². The van der Waals surface area contributed by atoms with Gasteiger partial charge in [-0.3, -0.25) is 0 Å². The second-order valence-electron chi connectivity index (χ2n) is 5.51. The van der Waals surface area contributed by atoms with Crippen LogP contribution < -0.4 is 0 Å². The van der Waals surface area contributed by atoms with Crippen LogP contribution in [0.25, 0.3) is 16.1 Å². The van der Waals surface area contributed by atoms with Gasteiger partial charge < -0.3 is 0 Å². The number of hydrogen-bond acceptors (Lipinski definition) is 4. The average molecular weight is 426 g/mol. The molecule has 3 aromatic heterocycles. The summed E-state index contributed by atoms with van der Waals surface area (Å²) in [4.78, 5) is 10.3. The number of aromatic nitrogens is 4. The molecule has 0 N–H and O–H groups in total. The van der Waals surface area contributed by atoms with E-state index in [9.17, 15) is 0 Å². The van der Waals surface area contributed by atoms with Gasteiger partial charge in [0, 0.05) is 23.5 Å². The zero-order chi connectivity index (χ0) is 15.9. The van der Waals surface area contributed by atoms with E-state index >= 15 is 0 Å². The van der Waals surface area contributed by atoms with Gasteiger partial charge in [0.1, 0.15) is 0 Å². The van der Waals surface area contributed by atoms with Crippen molar-refractivity contribution in [3.63, 3.8) is 0 Å². The van der Waals surface area contributed by atoms with E-state index in [1.165, 1.54) is 5.69 Å². The van der Waals surface area contributed by atoms with Crippen molar-refractivity contribution in [2.75, 3.05) is 0 Å². The molecule has 0 aliphatic carbocycles. The lowest BCUT2D eigenvalue weighted by molar-refractivity contribution is 0.598. The van der Waals surface area contributed by atoms with E-state index in [1.54, 1.807) is 11.3 Å². The first kappa shape index (κ1) is 15.9. The highest BCUT2D eigenvalue weighted by molar-refractivity contribution is 14.1. The van der Waals surface area contributed by atoms with Crippen LogP contribution >= 0.6 is 33.9 Å². The van der Waals surface area contributed by atoms with E-state index in [4.69, 9.17) is 10.1 Å². The summed E-state index contributed by atoms with van der Waals surface area (Å²) in [7, 11) is 0. The Hall–Kier alpha value is -1.02. The first-order chi connectivity index (χ1) is 10.5. The summed E-state index contributed by atoms with van der Waals surface area (Å²) in [5.74, 6) is 0.512. The molecule has 0 aliphatic heterocycles. The molecule has 0 bridgehead atoms. The van der Waals surface area contributed by atoms with Gasteiger partial charge in [-0.2, -0.15) is 5.10 Å². The Kier molecular flexibility index (Phi) is 4.49. The average Bonchev–Trinajstić information content (AvgIpc) is 3.03. The van der Waals surface area contributed by atoms with E-state index in [0.29, 0.717) is 5.92 Å². The van der Waals surface area contributed by atoms with Crippen LogP contribution in [-0.4, -0.2) is 19.6 Å². The summed E-state index contributed by atoms with van der Waals surface area (Å²) in [5, 5.41) is 4.79. The first-order valence-electron chi connectivity index (χ1n) is 7.53. The van der Waals surface area contributed by atoms with Crippen LogP contribution in [0.3, 0.4) is 0 Å². The molecule has 0 aromatic carbocycles. The Labute approximate surface area is 148 Å². The van der Waals surface area contributed by atoms with Crippen molar-refractivity contribution < 1.29 is 0 Å². The highest BCUT2D eigenvalue weighted by Crippen LogP contribution is 2.34. The molecule has 3 aromatic rings. The Morgan fingerprint density at radius 2 is 2.00 bits per heavy atom. The Morgan fingerprint density at radius 1 is 1.27 bits per heavy atom. The first-order valence-corrected chi connectivity index (χ1v) is 9.43. The summed E-state index contributed by atoms with van der Waals surface area (Å²) in [6.45, 7) is 8.59. The lowest BCUT2D eigenvalue weighted by Crippen LogP contribution is -2.07. The molecule has 0 spiro atoms. The Morgan fingerprint density at radius 3 is 2.59 bits per heavy atom. The maximum atomic E-state index is 4.79. The van der Waals surface area contributed by atoms with Crippen LogP contribution in [0.1, 0.15) is 49.7 Å². The van der Waals surface area contributed by atoms with Crippen molar-refractivity contribution in [1.29, 1.82) is 0 Å². The fourth-order valence-corrected chi connectivity index (χ4v) is 4.51. The number of nitrogens with zero attached hydrogens (tertiary/aromatic N) is 4. The molecule has 3 rings (SSSR count). The number of fused-ring (bicyclic) bond motifs is 1. The maximum Gasteiger partial charge on any atom is 0.164 e. The second kappa shape index (κ2) is 6.23. The van der Waals surface area contributed by atoms with Gasteiger partial charge in [0.2, 0.25) is 0 Å². The molecule has 0 atom stereocenters. The summed E-state index contributed by atoms with van der Waals surface area (Å²) >= 11 is 3.95. The fourth-order valence-electron chi connectivity index (χ4n) is 2.93. The molecule has 0 fully saturated rings. The van der Waals surface area contributed by atoms with Gasteiger partial charge in [-0.15, -0.1) is 11.3 Å². The van der Waals surface area contributed by atoms with Gasteiger partial charge in [0.25, 0.3) is 0 Å². The third-order valence-corrected chi connectivity index (χ3v) is 5.79. The molecule has 4 nitrogen and oxygen atoms in total. The number of aryl methyl sites for hydroxylation is 2. The van der Waals surface area contributed by atoms with Crippen molar-refractivity contribution in [1.82, 2.24) is 19.6 Å². The highest BCUT2D eigenvalue weighted by atomic mass is 127. The second-order valence-corrected chi connectivity index (χ2v) is 8.29. The largest absolute Gasteiger partial charge is 0.238 e. The summed E-state index contributed by atoms with van der Waals surface area (Å²) in [6, 6.07) is 2.18. The van der Waals surface area contributed by atoms with E-state index in [2.05, 4.69) is 61.3 Å². The van der Waals surface area contributed by atoms with Crippen LogP contribution in [0, 0.1) is 16.9 Å². The minimum atomic E-state index is 0.512. The number of thiazole rings is 1. The number of rotatable bonds is 4. The van der Waals surface area contributed by atoms with Crippen molar-refractivity contribution in [2.24, 2.45) is 0 Å². The minimum Gasteiger partial charge on any atom is -0.238 e. The molecule has 0 unspecified atom stereocenters. The lowest BCUT2D eigenvalue weighted by atomic mass is 9.98. The molecule has 0 saturated carbocycles. The quantitative estimate of drug-likeness (QED) is 0.553. The monoisotopic (exact) mass is 426 g/mol. The predicted molar refractivity (Wildman–Crippen MR) is 99.6 cm³/mol. The van der Waals surface area contributed by atoms with Gasteiger partial charge in [-0.05, 0) is 55.3 Å². The van der Waals surface area contributed by atoms with Crippen LogP contribution in [0.15, 0.2) is 12.3 Å². The Balaban J connectivity index is 2.30. The van der Waals surface area contributed by atoms with E-state index in [0.717, 1.165) is 43.3 Å². The van der Waals surface area contributed by atoms with E-state index in [1.807, 2.05) is 10.7 Å². The molecule has 0 aliphatic rings. The van der Waals surface area contributed by atoms with Gasteiger partial charge in [0.05, 0.1) is 16.1 Å². The molecular weight excluding hydrogens is 407 g/mol. The minimum absolute atomic E-state index is 0.512. The van der Waals surface area contributed by atoms with Crippen LogP contribution in [0.2, 0.25) is 0 Å². The number of halogens is 1. The van der Waals surface area contributed by atoms with Crippen molar-refractivity contribution in [3.05, 3.63) is 32.4 Å². The van der Waals surface area contributed by atoms with Crippen molar-refractivity contribution >= 4 is 39.6 Å². The summed E-state index contributed by atoms with van der Waals surface area (Å²) < 4.78 is 3.08. The number of hydrogen-bond donors (Lipinski definition) is 0. The molecule has 0 amide bonds. The van der Waals surface area contributed by atoms with Gasteiger partial charge in [-0.1, -0.05) is 13.8 Å². The maximum absolute atomic E-state index is 4.79. The zero-order valence-electron chi connectivity index (χ0n) is 13.2. The molecule has 0 saturated heterocycles. The molecule has 22 heavy (non-hydrogen) atoms. The molecule has 0 radical (unpaired) electrons. The zero-order valence-corrected chi connectivity index (χ0v) is 16.2. The van der Waals surface area contributed by atoms with Crippen LogP contribution in [0.4, 0.5) is 0 Å². The molecule has 116 valence electrons. The SMILES string of the molecule is CCC(CC)c1cc(C)nc2c(-c3cnc(I)s3)c(C)nn12. The topological polar surface area (TPSA) is 43.1 Å². The smallest absolute Gasteiger partial charge is 0.164 e. The Bertz CT molecular complexity index is 817. The van der Waals surface area contributed by atoms with Gasteiger partial charge >= 0.3 is 0 Å². The predicted octanol–water partition coefficient (Wildman–Crippen LogP) is 4.98. The van der Waals surface area contributed by atoms with Gasteiger partial charge in [0.15, 0.2) is 8.66 Å². The summed E-state index contributed by atoms with van der Waals surface area (Å²) in [5.41, 5.74) is 5.41. The molecule has 3 heterocycles. The third-order valence-electron chi connectivity index (χ3n) is 4.05. The summed E-state index contributed by atoms with van der Waals surface area (Å²) in [6.07, 6.45) is 4.15. The van der Waals surface area contributed by atoms with E-state index < -0.39 is 0 Å². The van der Waals surface area contributed by atoms with Crippen LogP contribution in [-0.2, 0) is 0 Å². The highest BCUT2D eigenvalue weighted by Gasteiger charge is 2.20. The lowest BCUT2D eigenvalue weighted by Gasteiger charge is -2.15. The van der Waals surface area contributed by atoms with Crippen LogP contribution in [0.5, 0.6) is 0 Å². The standard InChI is InChI=1S/C16H19IN4S/c1-5-11(6-2)12-7-9(3)19-15-14(10(4)20-21(12)15)13-8-18-16(17)22-13/h7-8,11H,5-6H2,1-4H3. The van der Waals surface area contributed by atoms with Crippen molar-refractivity contribution in [3.8, 4) is 10.4 Å². The van der Waals surface area contributed by atoms with E-state index in [-0.39, 0.29) is 0 Å².